The Balaban J connectivity index is 1.93. The van der Waals surface area contributed by atoms with E-state index >= 15 is 0 Å². The Kier molecular flexibility index (Phi) is 6.23. The van der Waals surface area contributed by atoms with Gasteiger partial charge in [0.05, 0.1) is 14.2 Å². The minimum Gasteiger partial charge on any atom is -0.493 e. The molecular formula is C18H24N2O4. The van der Waals surface area contributed by atoms with E-state index in [4.69, 9.17) is 9.47 Å². The summed E-state index contributed by atoms with van der Waals surface area (Å²) >= 11 is 0. The van der Waals surface area contributed by atoms with Crippen molar-refractivity contribution in [1.82, 2.24) is 10.2 Å². The number of benzene rings is 1. The molecule has 1 aliphatic rings. The van der Waals surface area contributed by atoms with Crippen molar-refractivity contribution in [1.29, 1.82) is 0 Å². The van der Waals surface area contributed by atoms with Gasteiger partial charge in [-0.05, 0) is 25.0 Å². The molecule has 1 saturated heterocycles. The fourth-order valence-corrected chi connectivity index (χ4v) is 2.80. The van der Waals surface area contributed by atoms with Crippen LogP contribution in [0.2, 0.25) is 0 Å². The van der Waals surface area contributed by atoms with E-state index in [0.717, 1.165) is 18.4 Å². The molecule has 2 amide bonds. The average Bonchev–Trinajstić information content (AvgIpc) is 2.59. The normalized spacial score (nSPS) is 15.4. The topological polar surface area (TPSA) is 67.9 Å². The maximum Gasteiger partial charge on any atom is 0.244 e. The van der Waals surface area contributed by atoms with Crippen molar-refractivity contribution in [3.05, 3.63) is 29.8 Å². The molecule has 6 nitrogen and oxygen atoms in total. The molecule has 1 fully saturated rings. The lowest BCUT2D eigenvalue weighted by Gasteiger charge is -2.31. The van der Waals surface area contributed by atoms with E-state index in [9.17, 15) is 9.59 Å². The minimum atomic E-state index is -0.152. The van der Waals surface area contributed by atoms with Gasteiger partial charge in [-0.2, -0.15) is 0 Å². The first kappa shape index (κ1) is 17.8. The fraction of sp³-hybridized carbons (Fsp3) is 0.444. The number of piperidine rings is 1. The Morgan fingerprint density at radius 3 is 2.50 bits per heavy atom. The number of ether oxygens (including phenoxy) is 2. The number of nitrogens with one attached hydrogen (secondary N) is 1. The standard InChI is InChI=1S/C18H24N2O4/c1-13(21)20-11-9-15(10-12-20)19-17(22)8-7-14-5-4-6-16(23-2)18(14)24-3/h4-8,15H,9-12H2,1-3H3,(H,19,22). The minimum absolute atomic E-state index is 0.0878. The zero-order valence-electron chi connectivity index (χ0n) is 14.4. The van der Waals surface area contributed by atoms with Gasteiger partial charge in [0, 0.05) is 37.7 Å². The highest BCUT2D eigenvalue weighted by molar-refractivity contribution is 5.92. The summed E-state index contributed by atoms with van der Waals surface area (Å²) in [6, 6.07) is 5.61. The third kappa shape index (κ3) is 4.50. The Morgan fingerprint density at radius 1 is 1.21 bits per heavy atom. The van der Waals surface area contributed by atoms with Gasteiger partial charge in [-0.3, -0.25) is 9.59 Å². The first-order valence-electron chi connectivity index (χ1n) is 8.00. The van der Waals surface area contributed by atoms with Crippen LogP contribution in [0.15, 0.2) is 24.3 Å². The Morgan fingerprint density at radius 2 is 1.92 bits per heavy atom. The summed E-state index contributed by atoms with van der Waals surface area (Å²) in [5.74, 6) is 1.15. The maximum atomic E-state index is 12.1. The molecule has 1 aliphatic heterocycles. The molecule has 1 N–H and O–H groups in total. The van der Waals surface area contributed by atoms with E-state index in [1.165, 1.54) is 6.08 Å². The first-order valence-corrected chi connectivity index (χ1v) is 8.00. The third-order valence-corrected chi connectivity index (χ3v) is 4.13. The van der Waals surface area contributed by atoms with E-state index in [-0.39, 0.29) is 17.9 Å². The lowest BCUT2D eigenvalue weighted by Crippen LogP contribution is -2.45. The smallest absolute Gasteiger partial charge is 0.244 e. The summed E-state index contributed by atoms with van der Waals surface area (Å²) in [5, 5.41) is 2.98. The predicted molar refractivity (Wildman–Crippen MR) is 92.0 cm³/mol. The van der Waals surface area contributed by atoms with Crippen LogP contribution in [0.3, 0.4) is 0 Å². The Labute approximate surface area is 142 Å². The zero-order chi connectivity index (χ0) is 17.5. The Bertz CT molecular complexity index is 619. The number of hydrogen-bond acceptors (Lipinski definition) is 4. The van der Waals surface area contributed by atoms with Gasteiger partial charge in [0.15, 0.2) is 11.5 Å². The van der Waals surface area contributed by atoms with Crippen LogP contribution in [0.25, 0.3) is 6.08 Å². The molecule has 0 unspecified atom stereocenters. The first-order chi connectivity index (χ1) is 11.5. The summed E-state index contributed by atoms with van der Waals surface area (Å²) in [6.07, 6.45) is 4.76. The highest BCUT2D eigenvalue weighted by atomic mass is 16.5. The van der Waals surface area contributed by atoms with E-state index in [0.29, 0.717) is 24.6 Å². The number of likely N-dealkylation sites (tertiary alicyclic amines) is 1. The van der Waals surface area contributed by atoms with Crippen LogP contribution >= 0.6 is 0 Å². The molecule has 6 heteroatoms. The van der Waals surface area contributed by atoms with Crippen molar-refractivity contribution in [3.63, 3.8) is 0 Å². The second-order valence-electron chi connectivity index (χ2n) is 5.71. The van der Waals surface area contributed by atoms with Crippen LogP contribution in [0.4, 0.5) is 0 Å². The van der Waals surface area contributed by atoms with E-state index in [2.05, 4.69) is 5.32 Å². The number of carbonyl (C=O) groups is 2. The molecule has 1 aromatic carbocycles. The van der Waals surface area contributed by atoms with Gasteiger partial charge in [0.25, 0.3) is 0 Å². The van der Waals surface area contributed by atoms with Crippen LogP contribution in [0, 0.1) is 0 Å². The van der Waals surface area contributed by atoms with Gasteiger partial charge in [-0.15, -0.1) is 0 Å². The number of rotatable bonds is 5. The SMILES string of the molecule is COc1cccc(C=CC(=O)NC2CCN(C(C)=O)CC2)c1OC. The van der Waals surface area contributed by atoms with Gasteiger partial charge < -0.3 is 19.7 Å². The van der Waals surface area contributed by atoms with Gasteiger partial charge in [-0.25, -0.2) is 0 Å². The predicted octanol–water partition coefficient (Wildman–Crippen LogP) is 1.84. The van der Waals surface area contributed by atoms with Gasteiger partial charge in [0.1, 0.15) is 0 Å². The molecule has 0 aliphatic carbocycles. The molecule has 1 aromatic rings. The average molecular weight is 332 g/mol. The summed E-state index contributed by atoms with van der Waals surface area (Å²) in [6.45, 7) is 2.95. The van der Waals surface area contributed by atoms with Crippen molar-refractivity contribution in [3.8, 4) is 11.5 Å². The third-order valence-electron chi connectivity index (χ3n) is 4.13. The lowest BCUT2D eigenvalue weighted by molar-refractivity contribution is -0.129. The fourth-order valence-electron chi connectivity index (χ4n) is 2.80. The van der Waals surface area contributed by atoms with Crippen LogP contribution in [-0.2, 0) is 9.59 Å². The number of hydrogen-bond donors (Lipinski definition) is 1. The number of para-hydroxylation sites is 1. The van der Waals surface area contributed by atoms with Gasteiger partial charge >= 0.3 is 0 Å². The molecule has 1 heterocycles. The molecular weight excluding hydrogens is 308 g/mol. The maximum absolute atomic E-state index is 12.1. The molecule has 0 atom stereocenters. The summed E-state index contributed by atoms with van der Waals surface area (Å²) < 4.78 is 10.6. The van der Waals surface area contributed by atoms with E-state index in [1.807, 2.05) is 12.1 Å². The van der Waals surface area contributed by atoms with Crippen molar-refractivity contribution < 1.29 is 19.1 Å². The highest BCUT2D eigenvalue weighted by Gasteiger charge is 2.21. The lowest BCUT2D eigenvalue weighted by atomic mass is 10.0. The molecule has 0 spiro atoms. The number of nitrogens with zero attached hydrogens (tertiary/aromatic N) is 1. The molecule has 0 bridgehead atoms. The molecule has 0 saturated carbocycles. The van der Waals surface area contributed by atoms with Gasteiger partial charge in [0.2, 0.25) is 11.8 Å². The second-order valence-corrected chi connectivity index (χ2v) is 5.71. The van der Waals surface area contributed by atoms with Crippen molar-refractivity contribution in [2.24, 2.45) is 0 Å². The van der Waals surface area contributed by atoms with Crippen LogP contribution in [0.1, 0.15) is 25.3 Å². The molecule has 24 heavy (non-hydrogen) atoms. The largest absolute Gasteiger partial charge is 0.493 e. The summed E-state index contributed by atoms with van der Waals surface area (Å²) in [5.41, 5.74) is 0.776. The van der Waals surface area contributed by atoms with Crippen molar-refractivity contribution in [2.45, 2.75) is 25.8 Å². The monoisotopic (exact) mass is 332 g/mol. The van der Waals surface area contributed by atoms with Gasteiger partial charge in [-0.1, -0.05) is 12.1 Å². The highest BCUT2D eigenvalue weighted by Crippen LogP contribution is 2.31. The number of carbonyl (C=O) groups excluding carboxylic acids is 2. The quantitative estimate of drug-likeness (QED) is 0.836. The molecule has 130 valence electrons. The molecule has 0 aromatic heterocycles. The van der Waals surface area contributed by atoms with E-state index in [1.54, 1.807) is 38.2 Å². The van der Waals surface area contributed by atoms with Crippen LogP contribution in [0.5, 0.6) is 11.5 Å². The van der Waals surface area contributed by atoms with Crippen molar-refractivity contribution in [2.75, 3.05) is 27.3 Å². The summed E-state index contributed by atoms with van der Waals surface area (Å²) in [7, 11) is 3.14. The second kappa shape index (κ2) is 8.38. The summed E-state index contributed by atoms with van der Waals surface area (Å²) in [4.78, 5) is 25.2. The van der Waals surface area contributed by atoms with Crippen molar-refractivity contribution >= 4 is 17.9 Å². The zero-order valence-corrected chi connectivity index (χ0v) is 14.4. The van der Waals surface area contributed by atoms with E-state index < -0.39 is 0 Å². The number of methoxy groups -OCH3 is 2. The number of amides is 2. The van der Waals surface area contributed by atoms with Crippen LogP contribution in [-0.4, -0.2) is 50.1 Å². The molecule has 0 radical (unpaired) electrons. The van der Waals surface area contributed by atoms with Crippen LogP contribution < -0.4 is 14.8 Å². The molecule has 2 rings (SSSR count). The Hall–Kier alpha value is -2.50.